The number of hydrogen-bond acceptors (Lipinski definition) is 3. The summed E-state index contributed by atoms with van der Waals surface area (Å²) in [6.07, 6.45) is 8.14. The van der Waals surface area contributed by atoms with E-state index in [1.807, 2.05) is 28.8 Å². The molecule has 2 aromatic rings. The molecule has 1 aromatic carbocycles. The Labute approximate surface area is 174 Å². The van der Waals surface area contributed by atoms with Crippen molar-refractivity contribution in [1.29, 1.82) is 0 Å². The summed E-state index contributed by atoms with van der Waals surface area (Å²) in [4.78, 5) is 17.5. The number of rotatable bonds is 8. The van der Waals surface area contributed by atoms with Gasteiger partial charge < -0.3 is 9.80 Å². The summed E-state index contributed by atoms with van der Waals surface area (Å²) in [5.74, 6) is 1.52. The van der Waals surface area contributed by atoms with Gasteiger partial charge in [-0.05, 0) is 88.2 Å². The molecule has 5 heteroatoms. The minimum absolute atomic E-state index is 0.0551. The van der Waals surface area contributed by atoms with Crippen molar-refractivity contribution < 1.29 is 4.79 Å². The van der Waals surface area contributed by atoms with Crippen LogP contribution in [0.2, 0.25) is 0 Å². The fraction of sp³-hybridized carbons (Fsp3) is 0.583. The van der Waals surface area contributed by atoms with Gasteiger partial charge in [-0.3, -0.25) is 9.48 Å². The molecule has 4 rings (SSSR count). The average molecular weight is 395 g/mol. The molecule has 1 aliphatic carbocycles. The van der Waals surface area contributed by atoms with Crippen molar-refractivity contribution in [2.75, 3.05) is 26.7 Å². The van der Waals surface area contributed by atoms with E-state index in [0.29, 0.717) is 18.2 Å². The Morgan fingerprint density at radius 2 is 1.72 bits per heavy atom. The van der Waals surface area contributed by atoms with E-state index in [1.165, 1.54) is 56.3 Å². The Hall–Kier alpha value is -2.14. The SMILES string of the molecule is CCn1ccc(C(=O)N(Cc2ccc(CC3CCN(C)CC3)cc2)CC2CC2)n1. The van der Waals surface area contributed by atoms with Gasteiger partial charge in [0.25, 0.3) is 5.91 Å². The number of aryl methyl sites for hydroxylation is 1. The summed E-state index contributed by atoms with van der Waals surface area (Å²) in [6.45, 7) is 6.77. The van der Waals surface area contributed by atoms with Gasteiger partial charge in [0.2, 0.25) is 0 Å². The summed E-state index contributed by atoms with van der Waals surface area (Å²) in [7, 11) is 2.21. The summed E-state index contributed by atoms with van der Waals surface area (Å²) in [5.41, 5.74) is 3.19. The molecule has 0 unspecified atom stereocenters. The second kappa shape index (κ2) is 9.12. The summed E-state index contributed by atoms with van der Waals surface area (Å²) in [6, 6.07) is 10.8. The lowest BCUT2D eigenvalue weighted by Gasteiger charge is -2.29. The van der Waals surface area contributed by atoms with Gasteiger partial charge in [0.15, 0.2) is 0 Å². The number of aromatic nitrogens is 2. The maximum absolute atomic E-state index is 13.0. The third-order valence-corrected chi connectivity index (χ3v) is 6.41. The Balaban J connectivity index is 1.38. The van der Waals surface area contributed by atoms with Crippen LogP contribution < -0.4 is 0 Å². The second-order valence-corrected chi connectivity index (χ2v) is 8.95. The number of nitrogens with zero attached hydrogens (tertiary/aromatic N) is 4. The highest BCUT2D eigenvalue weighted by atomic mass is 16.2. The average Bonchev–Trinajstić information content (AvgIpc) is 3.42. The standard InChI is InChI=1S/C24H34N4O/c1-3-28-15-12-23(25-28)24(29)27(18-22-8-9-22)17-21-6-4-19(5-7-21)16-20-10-13-26(2)14-11-20/h4-7,12,15,20,22H,3,8-11,13-14,16-18H2,1-2H3. The van der Waals surface area contributed by atoms with E-state index in [2.05, 4.69) is 41.3 Å². The van der Waals surface area contributed by atoms with Gasteiger partial charge in [0.1, 0.15) is 5.69 Å². The second-order valence-electron chi connectivity index (χ2n) is 8.95. The molecule has 1 saturated heterocycles. The zero-order valence-corrected chi connectivity index (χ0v) is 17.9. The number of benzene rings is 1. The molecule has 156 valence electrons. The Bertz CT molecular complexity index is 801. The number of carbonyl (C=O) groups excluding carboxylic acids is 1. The molecule has 2 heterocycles. The van der Waals surface area contributed by atoms with Crippen LogP contribution in [-0.4, -0.2) is 52.2 Å². The molecule has 2 aliphatic rings. The van der Waals surface area contributed by atoms with Crippen molar-refractivity contribution in [3.8, 4) is 0 Å². The Morgan fingerprint density at radius 3 is 2.34 bits per heavy atom. The summed E-state index contributed by atoms with van der Waals surface area (Å²) < 4.78 is 1.82. The van der Waals surface area contributed by atoms with E-state index < -0.39 is 0 Å². The van der Waals surface area contributed by atoms with Crippen LogP contribution in [0.5, 0.6) is 0 Å². The van der Waals surface area contributed by atoms with Crippen LogP contribution in [0.15, 0.2) is 36.5 Å². The smallest absolute Gasteiger partial charge is 0.274 e. The molecule has 0 spiro atoms. The Morgan fingerprint density at radius 1 is 1.03 bits per heavy atom. The van der Waals surface area contributed by atoms with E-state index >= 15 is 0 Å². The normalized spacial score (nSPS) is 18.1. The third kappa shape index (κ3) is 5.47. The molecule has 0 radical (unpaired) electrons. The van der Waals surface area contributed by atoms with E-state index in [4.69, 9.17) is 0 Å². The highest BCUT2D eigenvalue weighted by molar-refractivity contribution is 5.92. The first kappa shape index (κ1) is 20.1. The quantitative estimate of drug-likeness (QED) is 0.683. The topological polar surface area (TPSA) is 41.4 Å². The molecule has 1 amide bonds. The number of amides is 1. The molecule has 5 nitrogen and oxygen atoms in total. The zero-order valence-electron chi connectivity index (χ0n) is 17.9. The minimum Gasteiger partial charge on any atom is -0.333 e. The van der Waals surface area contributed by atoms with Crippen LogP contribution in [0.3, 0.4) is 0 Å². The molecule has 1 aromatic heterocycles. The number of likely N-dealkylation sites (tertiary alicyclic amines) is 1. The molecular weight excluding hydrogens is 360 g/mol. The van der Waals surface area contributed by atoms with Crippen molar-refractivity contribution >= 4 is 5.91 Å². The van der Waals surface area contributed by atoms with E-state index in [-0.39, 0.29) is 5.91 Å². The fourth-order valence-corrected chi connectivity index (χ4v) is 4.25. The maximum atomic E-state index is 13.0. The molecular formula is C24H34N4O. The van der Waals surface area contributed by atoms with Crippen molar-refractivity contribution in [3.63, 3.8) is 0 Å². The monoisotopic (exact) mass is 394 g/mol. The van der Waals surface area contributed by atoms with Gasteiger partial charge in [0.05, 0.1) is 0 Å². The lowest BCUT2D eigenvalue weighted by Crippen LogP contribution is -2.33. The van der Waals surface area contributed by atoms with Gasteiger partial charge >= 0.3 is 0 Å². The molecule has 1 aliphatic heterocycles. The van der Waals surface area contributed by atoms with Crippen molar-refractivity contribution in [3.05, 3.63) is 53.3 Å². The summed E-state index contributed by atoms with van der Waals surface area (Å²) in [5, 5.41) is 4.43. The number of piperidine rings is 1. The highest BCUT2D eigenvalue weighted by Gasteiger charge is 2.28. The number of hydrogen-bond donors (Lipinski definition) is 0. The van der Waals surface area contributed by atoms with Gasteiger partial charge in [-0.2, -0.15) is 5.10 Å². The fourth-order valence-electron chi connectivity index (χ4n) is 4.25. The van der Waals surface area contributed by atoms with E-state index in [0.717, 1.165) is 19.0 Å². The van der Waals surface area contributed by atoms with Gasteiger partial charge in [-0.15, -0.1) is 0 Å². The largest absolute Gasteiger partial charge is 0.333 e. The van der Waals surface area contributed by atoms with Crippen LogP contribution in [0.25, 0.3) is 0 Å². The molecule has 0 atom stereocenters. The highest BCUT2D eigenvalue weighted by Crippen LogP contribution is 2.30. The van der Waals surface area contributed by atoms with Crippen molar-refractivity contribution in [2.24, 2.45) is 11.8 Å². The van der Waals surface area contributed by atoms with Crippen LogP contribution in [-0.2, 0) is 19.5 Å². The lowest BCUT2D eigenvalue weighted by atomic mass is 9.90. The van der Waals surface area contributed by atoms with Crippen molar-refractivity contribution in [1.82, 2.24) is 19.6 Å². The van der Waals surface area contributed by atoms with Gasteiger partial charge in [-0.25, -0.2) is 0 Å². The zero-order chi connectivity index (χ0) is 20.2. The van der Waals surface area contributed by atoms with Crippen LogP contribution in [0.1, 0.15) is 54.2 Å². The van der Waals surface area contributed by atoms with Gasteiger partial charge in [-0.1, -0.05) is 24.3 Å². The minimum atomic E-state index is 0.0551. The lowest BCUT2D eigenvalue weighted by molar-refractivity contribution is 0.0728. The Kier molecular flexibility index (Phi) is 6.34. The van der Waals surface area contributed by atoms with Crippen molar-refractivity contribution in [2.45, 2.75) is 52.1 Å². The third-order valence-electron chi connectivity index (χ3n) is 6.41. The van der Waals surface area contributed by atoms with E-state index in [9.17, 15) is 4.79 Å². The molecule has 0 N–H and O–H groups in total. The summed E-state index contributed by atoms with van der Waals surface area (Å²) >= 11 is 0. The number of carbonyl (C=O) groups is 1. The first-order valence-corrected chi connectivity index (χ1v) is 11.2. The molecule has 29 heavy (non-hydrogen) atoms. The van der Waals surface area contributed by atoms with Crippen LogP contribution in [0.4, 0.5) is 0 Å². The molecule has 1 saturated carbocycles. The molecule has 2 fully saturated rings. The van der Waals surface area contributed by atoms with Crippen LogP contribution >= 0.6 is 0 Å². The molecule has 0 bridgehead atoms. The predicted molar refractivity (Wildman–Crippen MR) is 116 cm³/mol. The first-order chi connectivity index (χ1) is 14.1. The van der Waals surface area contributed by atoms with E-state index in [1.54, 1.807) is 0 Å². The van der Waals surface area contributed by atoms with Gasteiger partial charge in [0, 0.05) is 25.8 Å². The van der Waals surface area contributed by atoms with Crippen LogP contribution in [0, 0.1) is 11.8 Å². The maximum Gasteiger partial charge on any atom is 0.274 e. The first-order valence-electron chi connectivity index (χ1n) is 11.2. The predicted octanol–water partition coefficient (Wildman–Crippen LogP) is 3.84.